The van der Waals surface area contributed by atoms with Crippen molar-refractivity contribution in [2.75, 3.05) is 0 Å². The first kappa shape index (κ1) is 16.7. The van der Waals surface area contributed by atoms with Crippen molar-refractivity contribution < 1.29 is 5.11 Å². The van der Waals surface area contributed by atoms with Gasteiger partial charge in [-0.1, -0.05) is 74.5 Å². The zero-order chi connectivity index (χ0) is 16.2. The maximum absolute atomic E-state index is 11.4. The lowest BCUT2D eigenvalue weighted by Gasteiger charge is -2.35. The predicted octanol–water partition coefficient (Wildman–Crippen LogP) is 4.08. The SMILES string of the molecule is CC(C)C(C)(N)CCC(O)(c1ccccc1)c1ccccc1. The minimum Gasteiger partial charge on any atom is -0.380 e. The van der Waals surface area contributed by atoms with E-state index in [1.807, 2.05) is 60.7 Å². The van der Waals surface area contributed by atoms with Gasteiger partial charge in [0, 0.05) is 5.54 Å². The molecule has 0 aliphatic heterocycles. The Morgan fingerprint density at radius 1 is 0.864 bits per heavy atom. The van der Waals surface area contributed by atoms with E-state index < -0.39 is 5.60 Å². The van der Waals surface area contributed by atoms with Crippen molar-refractivity contribution in [2.45, 2.75) is 44.8 Å². The largest absolute Gasteiger partial charge is 0.380 e. The van der Waals surface area contributed by atoms with E-state index in [9.17, 15) is 5.11 Å². The lowest BCUT2D eigenvalue weighted by Crippen LogP contribution is -2.43. The first-order valence-electron chi connectivity index (χ1n) is 7.98. The molecule has 1 unspecified atom stereocenters. The molecule has 0 heterocycles. The lowest BCUT2D eigenvalue weighted by molar-refractivity contribution is 0.0585. The Bertz CT molecular complexity index is 536. The summed E-state index contributed by atoms with van der Waals surface area (Å²) < 4.78 is 0. The van der Waals surface area contributed by atoms with Crippen LogP contribution in [0.15, 0.2) is 60.7 Å². The van der Waals surface area contributed by atoms with Crippen LogP contribution in [0.3, 0.4) is 0 Å². The van der Waals surface area contributed by atoms with Crippen LogP contribution in [0.2, 0.25) is 0 Å². The summed E-state index contributed by atoms with van der Waals surface area (Å²) in [7, 11) is 0. The Kier molecular flexibility index (Phi) is 5.05. The second-order valence-electron chi connectivity index (χ2n) is 6.75. The van der Waals surface area contributed by atoms with E-state index >= 15 is 0 Å². The van der Waals surface area contributed by atoms with Crippen molar-refractivity contribution >= 4 is 0 Å². The summed E-state index contributed by atoms with van der Waals surface area (Å²) in [5.41, 5.74) is 6.95. The summed E-state index contributed by atoms with van der Waals surface area (Å²) in [6.07, 6.45) is 1.36. The lowest BCUT2D eigenvalue weighted by atomic mass is 9.76. The molecule has 1 atom stereocenters. The molecule has 0 aromatic heterocycles. The van der Waals surface area contributed by atoms with Crippen molar-refractivity contribution in [3.8, 4) is 0 Å². The fourth-order valence-corrected chi connectivity index (χ4v) is 2.62. The van der Waals surface area contributed by atoms with E-state index in [-0.39, 0.29) is 5.54 Å². The quantitative estimate of drug-likeness (QED) is 0.844. The summed E-state index contributed by atoms with van der Waals surface area (Å²) in [6.45, 7) is 6.32. The van der Waals surface area contributed by atoms with Gasteiger partial charge in [-0.2, -0.15) is 0 Å². The second-order valence-corrected chi connectivity index (χ2v) is 6.75. The van der Waals surface area contributed by atoms with Gasteiger partial charge in [0.15, 0.2) is 0 Å². The highest BCUT2D eigenvalue weighted by Gasteiger charge is 2.34. The van der Waals surface area contributed by atoms with Gasteiger partial charge in [0.05, 0.1) is 0 Å². The van der Waals surface area contributed by atoms with Crippen molar-refractivity contribution in [1.29, 1.82) is 0 Å². The van der Waals surface area contributed by atoms with E-state index in [0.717, 1.165) is 17.5 Å². The van der Waals surface area contributed by atoms with Gasteiger partial charge in [-0.3, -0.25) is 0 Å². The molecule has 0 aliphatic carbocycles. The molecule has 0 saturated carbocycles. The first-order valence-corrected chi connectivity index (χ1v) is 7.98. The van der Waals surface area contributed by atoms with Crippen molar-refractivity contribution in [1.82, 2.24) is 0 Å². The van der Waals surface area contributed by atoms with Gasteiger partial charge >= 0.3 is 0 Å². The maximum atomic E-state index is 11.4. The van der Waals surface area contributed by atoms with Crippen molar-refractivity contribution in [2.24, 2.45) is 11.7 Å². The molecule has 2 nitrogen and oxygen atoms in total. The molecule has 2 rings (SSSR count). The van der Waals surface area contributed by atoms with Crippen LogP contribution in [0.25, 0.3) is 0 Å². The highest BCUT2D eigenvalue weighted by Crippen LogP contribution is 2.36. The van der Waals surface area contributed by atoms with Crippen LogP contribution < -0.4 is 5.73 Å². The molecule has 0 fully saturated rings. The van der Waals surface area contributed by atoms with Crippen LogP contribution >= 0.6 is 0 Å². The number of nitrogens with two attached hydrogens (primary N) is 1. The minimum absolute atomic E-state index is 0.294. The van der Waals surface area contributed by atoms with E-state index in [1.165, 1.54) is 0 Å². The standard InChI is InChI=1S/C20H27NO/c1-16(2)19(3,21)14-15-20(22,17-10-6-4-7-11-17)18-12-8-5-9-13-18/h4-13,16,22H,14-15,21H2,1-3H3. The third kappa shape index (κ3) is 3.57. The molecule has 2 aromatic rings. The van der Waals surface area contributed by atoms with Gasteiger partial charge in [0.1, 0.15) is 5.60 Å². The van der Waals surface area contributed by atoms with Gasteiger partial charge in [-0.15, -0.1) is 0 Å². The predicted molar refractivity (Wildman–Crippen MR) is 92.5 cm³/mol. The molecule has 0 spiro atoms. The van der Waals surface area contributed by atoms with Crippen LogP contribution in [0.1, 0.15) is 44.7 Å². The molecule has 22 heavy (non-hydrogen) atoms. The third-order valence-corrected chi connectivity index (χ3v) is 4.85. The Labute approximate surface area is 134 Å². The van der Waals surface area contributed by atoms with Crippen LogP contribution in [-0.4, -0.2) is 10.6 Å². The Balaban J connectivity index is 2.35. The monoisotopic (exact) mass is 297 g/mol. The molecule has 2 aromatic carbocycles. The number of hydrogen-bond donors (Lipinski definition) is 2. The maximum Gasteiger partial charge on any atom is 0.115 e. The summed E-state index contributed by atoms with van der Waals surface area (Å²) >= 11 is 0. The molecule has 0 radical (unpaired) electrons. The van der Waals surface area contributed by atoms with Gasteiger partial charge in [0.25, 0.3) is 0 Å². The number of benzene rings is 2. The molecular formula is C20H27NO. The average molecular weight is 297 g/mol. The molecule has 0 bridgehead atoms. The molecule has 0 aliphatic rings. The van der Waals surface area contributed by atoms with E-state index in [4.69, 9.17) is 5.73 Å². The Morgan fingerprint density at radius 2 is 1.27 bits per heavy atom. The van der Waals surface area contributed by atoms with E-state index in [1.54, 1.807) is 0 Å². The average Bonchev–Trinajstić information content (AvgIpc) is 2.54. The van der Waals surface area contributed by atoms with Crippen LogP contribution in [-0.2, 0) is 5.60 Å². The smallest absolute Gasteiger partial charge is 0.115 e. The first-order chi connectivity index (χ1) is 10.4. The van der Waals surface area contributed by atoms with Crippen molar-refractivity contribution in [3.63, 3.8) is 0 Å². The van der Waals surface area contributed by atoms with Gasteiger partial charge in [0.2, 0.25) is 0 Å². The number of rotatable bonds is 6. The summed E-state index contributed by atoms with van der Waals surface area (Å²) in [4.78, 5) is 0. The zero-order valence-electron chi connectivity index (χ0n) is 13.8. The van der Waals surface area contributed by atoms with Crippen molar-refractivity contribution in [3.05, 3.63) is 71.8 Å². The highest BCUT2D eigenvalue weighted by molar-refractivity contribution is 5.35. The molecule has 118 valence electrons. The fraction of sp³-hybridized carbons (Fsp3) is 0.400. The molecule has 2 heteroatoms. The number of aliphatic hydroxyl groups is 1. The van der Waals surface area contributed by atoms with Crippen LogP contribution in [0, 0.1) is 5.92 Å². The van der Waals surface area contributed by atoms with Gasteiger partial charge in [-0.25, -0.2) is 0 Å². The normalized spacial score (nSPS) is 14.8. The van der Waals surface area contributed by atoms with Crippen LogP contribution in [0.5, 0.6) is 0 Å². The topological polar surface area (TPSA) is 46.2 Å². The van der Waals surface area contributed by atoms with Crippen LogP contribution in [0.4, 0.5) is 0 Å². The second kappa shape index (κ2) is 6.64. The highest BCUT2D eigenvalue weighted by atomic mass is 16.3. The Hall–Kier alpha value is -1.64. The molecule has 3 N–H and O–H groups in total. The third-order valence-electron chi connectivity index (χ3n) is 4.85. The minimum atomic E-state index is -1.00. The van der Waals surface area contributed by atoms with Gasteiger partial charge < -0.3 is 10.8 Å². The zero-order valence-corrected chi connectivity index (χ0v) is 13.8. The summed E-state index contributed by atoms with van der Waals surface area (Å²) in [5.74, 6) is 0.364. The Morgan fingerprint density at radius 3 is 1.64 bits per heavy atom. The van der Waals surface area contributed by atoms with E-state index in [0.29, 0.717) is 12.3 Å². The summed E-state index contributed by atoms with van der Waals surface area (Å²) in [5, 5.41) is 11.4. The molecule has 0 saturated heterocycles. The molecular weight excluding hydrogens is 270 g/mol. The fourth-order valence-electron chi connectivity index (χ4n) is 2.62. The molecule has 0 amide bonds. The summed E-state index contributed by atoms with van der Waals surface area (Å²) in [6, 6.07) is 19.7. The van der Waals surface area contributed by atoms with Gasteiger partial charge in [-0.05, 0) is 36.8 Å². The number of hydrogen-bond acceptors (Lipinski definition) is 2. The van der Waals surface area contributed by atoms with E-state index in [2.05, 4.69) is 20.8 Å².